The number of fused-ring (bicyclic) bond motifs is 1. The second-order valence-corrected chi connectivity index (χ2v) is 8.68. The highest BCUT2D eigenvalue weighted by Crippen LogP contribution is 2.29. The van der Waals surface area contributed by atoms with Gasteiger partial charge in [0.1, 0.15) is 0 Å². The molecule has 2 aromatic carbocycles. The van der Waals surface area contributed by atoms with Crippen LogP contribution in [0.5, 0.6) is 0 Å². The average molecular weight is 364 g/mol. The molecule has 0 saturated carbocycles. The molecular formula is C17H20N2O3S2. The van der Waals surface area contributed by atoms with Crippen LogP contribution in [0.4, 0.5) is 0 Å². The maximum absolute atomic E-state index is 13.1. The molecule has 2 aromatic rings. The normalized spacial score (nSPS) is 21.9. The molecule has 7 heteroatoms. The van der Waals surface area contributed by atoms with Crippen molar-refractivity contribution in [2.24, 2.45) is 0 Å². The quantitative estimate of drug-likeness (QED) is 0.816. The van der Waals surface area contributed by atoms with Crippen LogP contribution in [0.2, 0.25) is 0 Å². The maximum Gasteiger partial charge on any atom is 0.243 e. The first-order chi connectivity index (χ1) is 11.4. The van der Waals surface area contributed by atoms with Crippen LogP contribution in [0.25, 0.3) is 10.8 Å². The van der Waals surface area contributed by atoms with Crippen molar-refractivity contribution in [1.82, 2.24) is 9.62 Å². The first-order valence-electron chi connectivity index (χ1n) is 7.81. The lowest BCUT2D eigenvalue weighted by molar-refractivity contribution is -0.119. The van der Waals surface area contributed by atoms with Gasteiger partial charge in [-0.1, -0.05) is 30.3 Å². The highest BCUT2D eigenvalue weighted by Gasteiger charge is 2.39. The smallest absolute Gasteiger partial charge is 0.243 e. The Balaban J connectivity index is 1.93. The van der Waals surface area contributed by atoms with Gasteiger partial charge in [0.25, 0.3) is 0 Å². The first-order valence-corrected chi connectivity index (χ1v) is 9.77. The molecule has 1 N–H and O–H groups in total. The number of sulfonamides is 1. The van der Waals surface area contributed by atoms with E-state index in [1.807, 2.05) is 30.3 Å². The van der Waals surface area contributed by atoms with Gasteiger partial charge in [0.2, 0.25) is 15.9 Å². The van der Waals surface area contributed by atoms with E-state index in [4.69, 9.17) is 0 Å². The summed E-state index contributed by atoms with van der Waals surface area (Å²) in [7, 11) is -3.63. The number of hydrogen-bond donors (Lipinski definition) is 2. The summed E-state index contributed by atoms with van der Waals surface area (Å²) in [5.41, 5.74) is 0. The zero-order valence-corrected chi connectivity index (χ0v) is 15.1. The van der Waals surface area contributed by atoms with E-state index in [0.717, 1.165) is 10.8 Å². The van der Waals surface area contributed by atoms with Crippen LogP contribution < -0.4 is 5.32 Å². The minimum Gasteiger partial charge on any atom is -0.355 e. The van der Waals surface area contributed by atoms with Crippen LogP contribution >= 0.6 is 12.6 Å². The molecule has 0 radical (unpaired) electrons. The Kier molecular flexibility index (Phi) is 4.85. The lowest BCUT2D eigenvalue weighted by Gasteiger charge is -2.24. The van der Waals surface area contributed by atoms with Gasteiger partial charge in [0.05, 0.1) is 4.90 Å². The topological polar surface area (TPSA) is 66.5 Å². The molecule has 1 aliphatic rings. The highest BCUT2D eigenvalue weighted by atomic mass is 32.2. The summed E-state index contributed by atoms with van der Waals surface area (Å²) in [6.07, 6.45) is 0.621. The first kappa shape index (κ1) is 17.3. The van der Waals surface area contributed by atoms with Gasteiger partial charge in [-0.25, -0.2) is 8.42 Å². The summed E-state index contributed by atoms with van der Waals surface area (Å²) in [5, 5.41) is 4.57. The predicted molar refractivity (Wildman–Crippen MR) is 97.7 cm³/mol. The molecule has 1 aliphatic heterocycles. The van der Waals surface area contributed by atoms with Crippen LogP contribution in [0, 0.1) is 0 Å². The van der Waals surface area contributed by atoms with E-state index < -0.39 is 10.0 Å². The molecule has 128 valence electrons. The van der Waals surface area contributed by atoms with Gasteiger partial charge in [-0.3, -0.25) is 4.79 Å². The zero-order chi connectivity index (χ0) is 17.3. The van der Waals surface area contributed by atoms with Gasteiger partial charge in [-0.05, 0) is 29.3 Å². The summed E-state index contributed by atoms with van der Waals surface area (Å²) < 4.78 is 27.6. The van der Waals surface area contributed by atoms with Crippen molar-refractivity contribution >= 4 is 39.3 Å². The number of thiol groups is 1. The predicted octanol–water partition coefficient (Wildman–Crippen LogP) is 2.04. The Morgan fingerprint density at radius 3 is 2.67 bits per heavy atom. The van der Waals surface area contributed by atoms with Crippen LogP contribution in [0.1, 0.15) is 13.3 Å². The van der Waals surface area contributed by atoms with E-state index in [1.54, 1.807) is 12.1 Å². The molecule has 1 fully saturated rings. The third kappa shape index (κ3) is 3.43. The van der Waals surface area contributed by atoms with Gasteiger partial charge >= 0.3 is 0 Å². The summed E-state index contributed by atoms with van der Waals surface area (Å²) in [5.74, 6) is -0.166. The molecule has 2 atom stereocenters. The molecule has 0 spiro atoms. The summed E-state index contributed by atoms with van der Waals surface area (Å²) in [4.78, 5) is 11.4. The van der Waals surface area contributed by atoms with Crippen molar-refractivity contribution in [3.05, 3.63) is 42.5 Å². The lowest BCUT2D eigenvalue weighted by atomic mass is 10.1. The van der Waals surface area contributed by atoms with Crippen molar-refractivity contribution in [3.63, 3.8) is 0 Å². The van der Waals surface area contributed by atoms with E-state index in [0.29, 0.717) is 19.5 Å². The molecule has 3 rings (SSSR count). The van der Waals surface area contributed by atoms with Crippen LogP contribution in [-0.2, 0) is 14.8 Å². The molecule has 1 saturated heterocycles. The standard InChI is InChI=1S/C17H20N2O3S2/c1-12(20)18-10-15-9-16(23)11-19(15)24(21,22)17-7-6-13-4-2-3-5-14(13)8-17/h2-8,15-16,23H,9-11H2,1H3,(H,18,20). The van der Waals surface area contributed by atoms with E-state index in [-0.39, 0.29) is 22.1 Å². The van der Waals surface area contributed by atoms with Gasteiger partial charge in [-0.15, -0.1) is 0 Å². The molecule has 24 heavy (non-hydrogen) atoms. The van der Waals surface area contributed by atoms with Crippen molar-refractivity contribution in [2.75, 3.05) is 13.1 Å². The molecule has 1 amide bonds. The Morgan fingerprint density at radius 1 is 1.25 bits per heavy atom. The minimum absolute atomic E-state index is 0.0287. The molecule has 1 heterocycles. The number of carbonyl (C=O) groups is 1. The molecule has 5 nitrogen and oxygen atoms in total. The number of amides is 1. The fourth-order valence-electron chi connectivity index (χ4n) is 3.07. The number of carbonyl (C=O) groups excluding carboxylic acids is 1. The number of hydrogen-bond acceptors (Lipinski definition) is 4. The van der Waals surface area contributed by atoms with Crippen molar-refractivity contribution in [2.45, 2.75) is 29.5 Å². The van der Waals surface area contributed by atoms with E-state index in [1.165, 1.54) is 11.2 Å². The number of rotatable bonds is 4. The summed E-state index contributed by atoms with van der Waals surface area (Å²) >= 11 is 4.44. The molecular weight excluding hydrogens is 344 g/mol. The van der Waals surface area contributed by atoms with E-state index in [9.17, 15) is 13.2 Å². The Morgan fingerprint density at radius 2 is 1.96 bits per heavy atom. The third-order valence-corrected chi connectivity index (χ3v) is 6.54. The Bertz CT molecular complexity index is 867. The number of nitrogens with zero attached hydrogens (tertiary/aromatic N) is 1. The fraction of sp³-hybridized carbons (Fsp3) is 0.353. The summed E-state index contributed by atoms with van der Waals surface area (Å²) in [6.45, 7) is 2.08. The fourth-order valence-corrected chi connectivity index (χ4v) is 5.31. The van der Waals surface area contributed by atoms with E-state index >= 15 is 0 Å². The van der Waals surface area contributed by atoms with Crippen molar-refractivity contribution in [3.8, 4) is 0 Å². The average Bonchev–Trinajstić information content (AvgIpc) is 2.94. The largest absolute Gasteiger partial charge is 0.355 e. The highest BCUT2D eigenvalue weighted by molar-refractivity contribution is 7.89. The molecule has 0 bridgehead atoms. The lowest BCUT2D eigenvalue weighted by Crippen LogP contribution is -2.42. The van der Waals surface area contributed by atoms with Crippen molar-refractivity contribution < 1.29 is 13.2 Å². The molecule has 0 aromatic heterocycles. The second kappa shape index (κ2) is 6.74. The third-order valence-electron chi connectivity index (χ3n) is 4.26. The van der Waals surface area contributed by atoms with Gasteiger partial charge < -0.3 is 5.32 Å². The zero-order valence-electron chi connectivity index (χ0n) is 13.3. The van der Waals surface area contributed by atoms with Gasteiger partial charge in [0, 0.05) is 31.3 Å². The van der Waals surface area contributed by atoms with Gasteiger partial charge in [0.15, 0.2) is 0 Å². The van der Waals surface area contributed by atoms with Gasteiger partial charge in [-0.2, -0.15) is 16.9 Å². The number of nitrogens with one attached hydrogen (secondary N) is 1. The SMILES string of the molecule is CC(=O)NCC1CC(S)CN1S(=O)(=O)c1ccc2ccccc2c1. The van der Waals surface area contributed by atoms with Crippen LogP contribution in [-0.4, -0.2) is 43.0 Å². The second-order valence-electron chi connectivity index (χ2n) is 6.06. The van der Waals surface area contributed by atoms with Crippen LogP contribution in [0.15, 0.2) is 47.4 Å². The molecule has 0 aliphatic carbocycles. The maximum atomic E-state index is 13.1. The minimum atomic E-state index is -3.63. The van der Waals surface area contributed by atoms with Crippen LogP contribution in [0.3, 0.4) is 0 Å². The summed E-state index contributed by atoms with van der Waals surface area (Å²) in [6, 6.07) is 12.5. The van der Waals surface area contributed by atoms with Crippen molar-refractivity contribution in [1.29, 1.82) is 0 Å². The number of benzene rings is 2. The monoisotopic (exact) mass is 364 g/mol. The Hall–Kier alpha value is -1.57. The Labute approximate surface area is 147 Å². The molecule has 2 unspecified atom stereocenters. The van der Waals surface area contributed by atoms with E-state index in [2.05, 4.69) is 17.9 Å².